The number of ether oxygens (including phenoxy) is 1. The summed E-state index contributed by atoms with van der Waals surface area (Å²) in [6, 6.07) is -0.0457. The molecule has 0 aliphatic rings. The number of nitrogens with one attached hydrogen (secondary N) is 1. The summed E-state index contributed by atoms with van der Waals surface area (Å²) in [7, 11) is 0. The second-order valence-corrected chi connectivity index (χ2v) is 2.34. The number of aliphatic hydroxyl groups excluding tert-OH is 1. The zero-order chi connectivity index (χ0) is 9.40. The highest BCUT2D eigenvalue weighted by Crippen LogP contribution is 1.81. The maximum atomic E-state index is 10.7. The van der Waals surface area contributed by atoms with Crippen molar-refractivity contribution in [1.82, 2.24) is 5.32 Å². The summed E-state index contributed by atoms with van der Waals surface area (Å²) in [6.45, 7) is 3.96. The van der Waals surface area contributed by atoms with E-state index in [1.54, 1.807) is 13.8 Å². The van der Waals surface area contributed by atoms with E-state index in [1.165, 1.54) is 12.3 Å². The Morgan fingerprint density at radius 2 is 2.42 bits per heavy atom. The fourth-order valence-electron chi connectivity index (χ4n) is 0.523. The summed E-state index contributed by atoms with van der Waals surface area (Å²) in [5.41, 5.74) is 0. The Labute approximate surface area is 72.2 Å². The Morgan fingerprint density at radius 1 is 1.75 bits per heavy atom. The highest BCUT2D eigenvalue weighted by molar-refractivity contribution is 5.81. The largest absolute Gasteiger partial charge is 0.463 e. The third kappa shape index (κ3) is 5.73. The minimum absolute atomic E-state index is 0.0349. The normalized spacial score (nSPS) is 12.9. The van der Waals surface area contributed by atoms with E-state index < -0.39 is 0 Å². The molecule has 0 rings (SSSR count). The lowest BCUT2D eigenvalue weighted by atomic mass is 10.4. The van der Waals surface area contributed by atoms with Gasteiger partial charge in [0.2, 0.25) is 0 Å². The molecule has 0 aliphatic carbocycles. The average Bonchev–Trinajstić information content (AvgIpc) is 2.04. The second-order valence-electron chi connectivity index (χ2n) is 2.34. The van der Waals surface area contributed by atoms with Gasteiger partial charge < -0.3 is 15.2 Å². The number of esters is 1. The van der Waals surface area contributed by atoms with Crippen LogP contribution in [0.15, 0.2) is 12.3 Å². The molecule has 0 amide bonds. The van der Waals surface area contributed by atoms with Gasteiger partial charge in [-0.2, -0.15) is 0 Å². The Morgan fingerprint density at radius 3 is 2.92 bits per heavy atom. The molecule has 0 aliphatic heterocycles. The molecule has 0 bridgehead atoms. The number of rotatable bonds is 5. The predicted octanol–water partition coefficient (Wildman–Crippen LogP) is 0.0336. The summed E-state index contributed by atoms with van der Waals surface area (Å²) in [5, 5.41) is 11.4. The molecule has 1 atom stereocenters. The van der Waals surface area contributed by atoms with E-state index in [4.69, 9.17) is 5.11 Å². The van der Waals surface area contributed by atoms with Crippen molar-refractivity contribution in [2.45, 2.75) is 19.9 Å². The van der Waals surface area contributed by atoms with Crippen molar-refractivity contribution in [1.29, 1.82) is 0 Å². The lowest BCUT2D eigenvalue weighted by Gasteiger charge is -2.05. The molecule has 4 nitrogen and oxygen atoms in total. The van der Waals surface area contributed by atoms with Gasteiger partial charge in [-0.3, -0.25) is 0 Å². The van der Waals surface area contributed by atoms with E-state index in [0.29, 0.717) is 6.61 Å². The standard InChI is InChI=1S/C8H15NO3/c1-3-12-8(11)4-5-9-7(2)6-10/h4-5,7,9-10H,3,6H2,1-2H3/b5-4-/t7-/m0/s1. The number of aliphatic hydroxyl groups is 1. The van der Waals surface area contributed by atoms with Gasteiger partial charge in [0, 0.05) is 18.3 Å². The van der Waals surface area contributed by atoms with Gasteiger partial charge in [0.25, 0.3) is 0 Å². The summed E-state index contributed by atoms with van der Waals surface area (Å²) in [5.74, 6) is -0.380. The van der Waals surface area contributed by atoms with Crippen LogP contribution >= 0.6 is 0 Å². The van der Waals surface area contributed by atoms with Crippen molar-refractivity contribution in [3.8, 4) is 0 Å². The zero-order valence-corrected chi connectivity index (χ0v) is 7.41. The first-order valence-electron chi connectivity index (χ1n) is 3.91. The van der Waals surface area contributed by atoms with Crippen molar-refractivity contribution in [3.05, 3.63) is 12.3 Å². The van der Waals surface area contributed by atoms with Crippen LogP contribution in [0.25, 0.3) is 0 Å². The molecular formula is C8H15NO3. The highest BCUT2D eigenvalue weighted by Gasteiger charge is 1.95. The fraction of sp³-hybridized carbons (Fsp3) is 0.625. The van der Waals surface area contributed by atoms with Crippen LogP contribution in [0.5, 0.6) is 0 Å². The SMILES string of the molecule is CCOC(=O)/C=C\N[C@@H](C)CO. The van der Waals surface area contributed by atoms with Crippen molar-refractivity contribution < 1.29 is 14.6 Å². The highest BCUT2D eigenvalue weighted by atomic mass is 16.5. The Bertz CT molecular complexity index is 156. The minimum Gasteiger partial charge on any atom is -0.463 e. The number of hydrogen-bond acceptors (Lipinski definition) is 4. The Hall–Kier alpha value is -1.03. The van der Waals surface area contributed by atoms with Crippen LogP contribution in [-0.4, -0.2) is 30.3 Å². The molecule has 0 radical (unpaired) electrons. The molecule has 70 valence electrons. The smallest absolute Gasteiger partial charge is 0.332 e. The van der Waals surface area contributed by atoms with Crippen LogP contribution in [0.4, 0.5) is 0 Å². The van der Waals surface area contributed by atoms with Crippen molar-refractivity contribution in [3.63, 3.8) is 0 Å². The molecule has 0 aromatic heterocycles. The maximum absolute atomic E-state index is 10.7. The van der Waals surface area contributed by atoms with Crippen molar-refractivity contribution in [2.24, 2.45) is 0 Å². The van der Waals surface area contributed by atoms with Gasteiger partial charge >= 0.3 is 5.97 Å². The van der Waals surface area contributed by atoms with Gasteiger partial charge in [0.05, 0.1) is 13.2 Å². The Kier molecular flexibility index (Phi) is 6.09. The molecule has 0 fully saturated rings. The van der Waals surface area contributed by atoms with Gasteiger partial charge in [-0.05, 0) is 13.8 Å². The van der Waals surface area contributed by atoms with E-state index in [-0.39, 0.29) is 18.6 Å². The first-order chi connectivity index (χ1) is 5.70. The van der Waals surface area contributed by atoms with E-state index in [2.05, 4.69) is 10.1 Å². The van der Waals surface area contributed by atoms with Gasteiger partial charge in [0.1, 0.15) is 0 Å². The van der Waals surface area contributed by atoms with Crippen LogP contribution < -0.4 is 5.32 Å². The molecule has 0 aromatic carbocycles. The van der Waals surface area contributed by atoms with Crippen LogP contribution in [0, 0.1) is 0 Å². The molecule has 0 unspecified atom stereocenters. The molecule has 0 heterocycles. The molecule has 0 saturated heterocycles. The fourth-order valence-corrected chi connectivity index (χ4v) is 0.523. The van der Waals surface area contributed by atoms with Crippen molar-refractivity contribution >= 4 is 5.97 Å². The lowest BCUT2D eigenvalue weighted by Crippen LogP contribution is -2.24. The van der Waals surface area contributed by atoms with E-state index in [9.17, 15) is 4.79 Å². The molecular weight excluding hydrogens is 158 g/mol. The van der Waals surface area contributed by atoms with E-state index in [0.717, 1.165) is 0 Å². The summed E-state index contributed by atoms with van der Waals surface area (Å²) >= 11 is 0. The maximum Gasteiger partial charge on any atom is 0.332 e. The lowest BCUT2D eigenvalue weighted by molar-refractivity contribution is -0.137. The number of hydrogen-bond donors (Lipinski definition) is 2. The van der Waals surface area contributed by atoms with Gasteiger partial charge in [-0.25, -0.2) is 4.79 Å². The Balaban J connectivity index is 3.54. The molecule has 0 saturated carbocycles. The second kappa shape index (κ2) is 6.67. The molecule has 0 spiro atoms. The number of carbonyl (C=O) groups excluding carboxylic acids is 1. The topological polar surface area (TPSA) is 58.6 Å². The monoisotopic (exact) mass is 173 g/mol. The summed E-state index contributed by atoms with van der Waals surface area (Å²) in [6.07, 6.45) is 2.76. The summed E-state index contributed by atoms with van der Waals surface area (Å²) < 4.78 is 4.63. The van der Waals surface area contributed by atoms with E-state index >= 15 is 0 Å². The van der Waals surface area contributed by atoms with Crippen LogP contribution in [0.2, 0.25) is 0 Å². The molecule has 4 heteroatoms. The average molecular weight is 173 g/mol. The first kappa shape index (κ1) is 11.0. The van der Waals surface area contributed by atoms with Crippen LogP contribution in [-0.2, 0) is 9.53 Å². The minimum atomic E-state index is -0.380. The van der Waals surface area contributed by atoms with Crippen LogP contribution in [0.1, 0.15) is 13.8 Å². The van der Waals surface area contributed by atoms with Crippen LogP contribution in [0.3, 0.4) is 0 Å². The molecule has 12 heavy (non-hydrogen) atoms. The third-order valence-corrected chi connectivity index (χ3v) is 1.16. The third-order valence-electron chi connectivity index (χ3n) is 1.16. The van der Waals surface area contributed by atoms with E-state index in [1.807, 2.05) is 0 Å². The molecule has 2 N–H and O–H groups in total. The predicted molar refractivity (Wildman–Crippen MR) is 45.5 cm³/mol. The quantitative estimate of drug-likeness (QED) is 0.455. The number of carbonyl (C=O) groups is 1. The van der Waals surface area contributed by atoms with Gasteiger partial charge in [0.15, 0.2) is 0 Å². The zero-order valence-electron chi connectivity index (χ0n) is 7.41. The van der Waals surface area contributed by atoms with Crippen molar-refractivity contribution in [2.75, 3.05) is 13.2 Å². The van der Waals surface area contributed by atoms with Gasteiger partial charge in [-0.1, -0.05) is 0 Å². The van der Waals surface area contributed by atoms with Gasteiger partial charge in [-0.15, -0.1) is 0 Å². The summed E-state index contributed by atoms with van der Waals surface area (Å²) in [4.78, 5) is 10.7. The molecule has 0 aromatic rings. The first-order valence-corrected chi connectivity index (χ1v) is 3.91.